The van der Waals surface area contributed by atoms with Crippen LogP contribution in [0.3, 0.4) is 0 Å². The number of hydrogen-bond acceptors (Lipinski definition) is 3. The van der Waals surface area contributed by atoms with E-state index in [0.717, 1.165) is 0 Å². The second-order valence-electron chi connectivity index (χ2n) is 2.29. The normalized spacial score (nSPS) is 24.0. The lowest BCUT2D eigenvalue weighted by Crippen LogP contribution is -3.06. The molecule has 0 aromatic heterocycles. The van der Waals surface area contributed by atoms with Gasteiger partial charge in [0.25, 0.3) is 0 Å². The predicted octanol–water partition coefficient (Wildman–Crippen LogP) is -1.23. The second kappa shape index (κ2) is 2.81. The third-order valence-electron chi connectivity index (χ3n) is 1.43. The molecule has 0 spiro atoms. The Bertz CT molecular complexity index is 244. The maximum atomic E-state index is 10.9. The first-order chi connectivity index (χ1) is 5.11. The van der Waals surface area contributed by atoms with E-state index in [1.54, 1.807) is 6.92 Å². The van der Waals surface area contributed by atoms with E-state index in [0.29, 0.717) is 5.70 Å². The van der Waals surface area contributed by atoms with E-state index in [9.17, 15) is 10.0 Å². The molecule has 5 nitrogen and oxygen atoms in total. The van der Waals surface area contributed by atoms with Gasteiger partial charge >= 0.3 is 5.97 Å². The van der Waals surface area contributed by atoms with E-state index < -0.39 is 5.97 Å². The smallest absolute Gasteiger partial charge is 0.356 e. The Morgan fingerprint density at radius 2 is 2.55 bits per heavy atom. The molecule has 0 aromatic rings. The molecule has 1 heterocycles. The number of aliphatic imine (C=N–C) groups is 1. The summed E-state index contributed by atoms with van der Waals surface area (Å²) in [5.41, 5.74) is 0.426. The summed E-state index contributed by atoms with van der Waals surface area (Å²) < 4.78 is 0. The second-order valence-corrected chi connectivity index (χ2v) is 2.29. The van der Waals surface area contributed by atoms with Crippen LogP contribution < -0.4 is 5.06 Å². The molecule has 1 aliphatic heterocycles. The molecule has 0 aromatic carbocycles. The Morgan fingerprint density at radius 3 is 3.00 bits per heavy atom. The fourth-order valence-electron chi connectivity index (χ4n) is 0.715. The number of rotatable bonds is 1. The highest BCUT2D eigenvalue weighted by atomic mass is 16.5. The Labute approximate surface area is 63.2 Å². The van der Waals surface area contributed by atoms with Crippen molar-refractivity contribution in [1.82, 2.24) is 0 Å². The molecule has 1 rings (SSSR count). The lowest BCUT2D eigenvalue weighted by atomic mass is 10.3. The van der Waals surface area contributed by atoms with Gasteiger partial charge in [-0.3, -0.25) is 0 Å². The van der Waals surface area contributed by atoms with E-state index in [2.05, 4.69) is 4.99 Å². The van der Waals surface area contributed by atoms with Crippen molar-refractivity contribution in [2.45, 2.75) is 6.92 Å². The highest BCUT2D eigenvalue weighted by molar-refractivity contribution is 6.36. The Hall–Kier alpha value is -1.20. The van der Waals surface area contributed by atoms with E-state index >= 15 is 0 Å². The minimum absolute atomic E-state index is 0.0828. The van der Waals surface area contributed by atoms with Crippen molar-refractivity contribution in [3.8, 4) is 0 Å². The molecule has 11 heavy (non-hydrogen) atoms. The number of hydroxylamine groups is 2. The molecule has 1 unspecified atom stereocenters. The van der Waals surface area contributed by atoms with Gasteiger partial charge in [0.1, 0.15) is 12.2 Å². The molecule has 0 bridgehead atoms. The molecular weight excluding hydrogens is 148 g/mol. The van der Waals surface area contributed by atoms with Gasteiger partial charge in [-0.1, -0.05) is 0 Å². The number of carbonyl (C=O) groups is 1. The summed E-state index contributed by atoms with van der Waals surface area (Å²) in [7, 11) is 0. The summed E-state index contributed by atoms with van der Waals surface area (Å²) in [6, 6.07) is 0. The average Bonchev–Trinajstić information content (AvgIpc) is 1.94. The number of quaternary nitrogens is 1. The van der Waals surface area contributed by atoms with Crippen molar-refractivity contribution in [2.75, 3.05) is 6.54 Å². The third kappa shape index (κ3) is 1.63. The summed E-state index contributed by atoms with van der Waals surface area (Å²) in [6.07, 6.45) is 1.29. The first-order valence-corrected chi connectivity index (χ1v) is 3.11. The number of aliphatic carboxylic acids is 1. The zero-order chi connectivity index (χ0) is 8.43. The van der Waals surface area contributed by atoms with Gasteiger partial charge in [0.05, 0.1) is 6.20 Å². The molecule has 5 heteroatoms. The van der Waals surface area contributed by atoms with Gasteiger partial charge in [0.15, 0.2) is 5.71 Å². The standard InChI is InChI=1S/C6H8N2O3/c1-4-2-7-5(6(9)10)3-8(4)11/h2,8H,3H2,1H3,(H,9,10). The van der Waals surface area contributed by atoms with Crippen LogP contribution in [0.15, 0.2) is 16.9 Å². The number of nitrogens with zero attached hydrogens (tertiary/aromatic N) is 1. The van der Waals surface area contributed by atoms with Crippen LogP contribution in [0.25, 0.3) is 0 Å². The average molecular weight is 156 g/mol. The molecule has 60 valence electrons. The molecule has 1 atom stereocenters. The quantitative estimate of drug-likeness (QED) is 0.466. The number of allylic oxidation sites excluding steroid dienone is 1. The first kappa shape index (κ1) is 7.90. The lowest BCUT2D eigenvalue weighted by Gasteiger charge is -2.23. The molecule has 0 radical (unpaired) electrons. The van der Waals surface area contributed by atoms with Crippen LogP contribution in [0, 0.1) is 5.21 Å². The van der Waals surface area contributed by atoms with Crippen LogP contribution in [0.2, 0.25) is 0 Å². The molecular formula is C6H8N2O3. The summed E-state index contributed by atoms with van der Waals surface area (Å²) in [6.45, 7) is 1.53. The molecule has 0 fully saturated rings. The first-order valence-electron chi connectivity index (χ1n) is 3.11. The van der Waals surface area contributed by atoms with E-state index in [1.165, 1.54) is 6.20 Å². The van der Waals surface area contributed by atoms with Crippen molar-refractivity contribution in [3.05, 3.63) is 17.1 Å². The maximum absolute atomic E-state index is 10.9. The zero-order valence-electron chi connectivity index (χ0n) is 6.00. The van der Waals surface area contributed by atoms with Crippen LogP contribution in [0.4, 0.5) is 0 Å². The molecule has 0 aliphatic carbocycles. The molecule has 0 saturated heterocycles. The summed E-state index contributed by atoms with van der Waals surface area (Å²) in [5.74, 6) is -1.12. The van der Waals surface area contributed by atoms with Gasteiger partial charge in [-0.15, -0.1) is 0 Å². The van der Waals surface area contributed by atoms with Gasteiger partial charge < -0.3 is 15.4 Å². The van der Waals surface area contributed by atoms with Gasteiger partial charge in [0, 0.05) is 6.92 Å². The number of carboxylic acids is 1. The van der Waals surface area contributed by atoms with Crippen LogP contribution in [0.5, 0.6) is 0 Å². The van der Waals surface area contributed by atoms with E-state index in [-0.39, 0.29) is 17.3 Å². The van der Waals surface area contributed by atoms with Crippen LogP contribution in [-0.2, 0) is 4.79 Å². The van der Waals surface area contributed by atoms with Crippen molar-refractivity contribution in [3.63, 3.8) is 0 Å². The summed E-state index contributed by atoms with van der Waals surface area (Å²) in [5, 5.41) is 19.2. The summed E-state index contributed by atoms with van der Waals surface area (Å²) >= 11 is 0. The summed E-state index contributed by atoms with van der Waals surface area (Å²) in [4.78, 5) is 13.9. The van der Waals surface area contributed by atoms with Crippen molar-refractivity contribution in [1.29, 1.82) is 0 Å². The maximum Gasteiger partial charge on any atom is 0.356 e. The monoisotopic (exact) mass is 156 g/mol. The van der Waals surface area contributed by atoms with Gasteiger partial charge in [-0.25, -0.2) is 9.79 Å². The van der Waals surface area contributed by atoms with Crippen LogP contribution in [-0.4, -0.2) is 23.3 Å². The highest BCUT2D eigenvalue weighted by Crippen LogP contribution is 1.90. The Kier molecular flexibility index (Phi) is 2.02. The topological polar surface area (TPSA) is 77.2 Å². The predicted molar refractivity (Wildman–Crippen MR) is 38.0 cm³/mol. The van der Waals surface area contributed by atoms with Crippen LogP contribution >= 0.6 is 0 Å². The fraction of sp³-hybridized carbons (Fsp3) is 0.333. The van der Waals surface area contributed by atoms with E-state index in [4.69, 9.17) is 5.11 Å². The largest absolute Gasteiger partial charge is 0.629 e. The third-order valence-corrected chi connectivity index (χ3v) is 1.43. The van der Waals surface area contributed by atoms with Crippen molar-refractivity contribution in [2.24, 2.45) is 4.99 Å². The van der Waals surface area contributed by atoms with Crippen molar-refractivity contribution >= 4 is 11.7 Å². The molecule has 2 N–H and O–H groups in total. The molecule has 1 aliphatic rings. The number of nitrogens with one attached hydrogen (secondary N) is 1. The molecule has 0 amide bonds. The van der Waals surface area contributed by atoms with Gasteiger partial charge in [0.2, 0.25) is 0 Å². The minimum Gasteiger partial charge on any atom is -0.629 e. The van der Waals surface area contributed by atoms with Crippen molar-refractivity contribution < 1.29 is 15.0 Å². The highest BCUT2D eigenvalue weighted by Gasteiger charge is 2.17. The minimum atomic E-state index is -1.12. The number of hydrogen-bond donors (Lipinski definition) is 2. The Morgan fingerprint density at radius 1 is 1.91 bits per heavy atom. The van der Waals surface area contributed by atoms with E-state index in [1.807, 2.05) is 0 Å². The zero-order valence-corrected chi connectivity index (χ0v) is 6.00. The molecule has 0 saturated carbocycles. The lowest BCUT2D eigenvalue weighted by molar-refractivity contribution is -0.796. The SMILES string of the molecule is CC1=CN=C(C(=O)O)C[NH+]1[O-]. The Balaban J connectivity index is 2.82. The van der Waals surface area contributed by atoms with Crippen LogP contribution in [0.1, 0.15) is 6.92 Å². The number of carboxylic acid groups (broad SMARTS) is 1. The van der Waals surface area contributed by atoms with Gasteiger partial charge in [-0.2, -0.15) is 0 Å². The van der Waals surface area contributed by atoms with Gasteiger partial charge in [-0.05, 0) is 0 Å². The fourth-order valence-corrected chi connectivity index (χ4v) is 0.715.